The van der Waals surface area contributed by atoms with E-state index in [1.54, 1.807) is 36.3 Å². The zero-order valence-electron chi connectivity index (χ0n) is 18.2. The van der Waals surface area contributed by atoms with E-state index in [-0.39, 0.29) is 11.8 Å². The number of amides is 2. The highest BCUT2D eigenvalue weighted by molar-refractivity contribution is 8.27. The van der Waals surface area contributed by atoms with Crippen LogP contribution in [-0.2, 0) is 9.59 Å². The Morgan fingerprint density at radius 2 is 1.64 bits per heavy atom. The summed E-state index contributed by atoms with van der Waals surface area (Å²) in [6, 6.07) is 14.7. The fourth-order valence-electron chi connectivity index (χ4n) is 3.94. The first-order valence-corrected chi connectivity index (χ1v) is 11.5. The van der Waals surface area contributed by atoms with Crippen LogP contribution in [0.25, 0.3) is 5.57 Å². The summed E-state index contributed by atoms with van der Waals surface area (Å²) in [5.41, 5.74) is 2.41. The molecule has 0 saturated carbocycles. The lowest BCUT2D eigenvalue weighted by molar-refractivity contribution is -0.115. The van der Waals surface area contributed by atoms with Gasteiger partial charge in [-0.3, -0.25) is 24.3 Å². The molecule has 0 bridgehead atoms. The molecule has 0 aliphatic carbocycles. The largest absolute Gasteiger partial charge is 0.495 e. The molecule has 168 valence electrons. The molecule has 6 nitrogen and oxygen atoms in total. The van der Waals surface area contributed by atoms with Crippen LogP contribution >= 0.6 is 24.0 Å². The first-order chi connectivity index (χ1) is 16.0. The molecule has 2 heterocycles. The third-order valence-corrected chi connectivity index (χ3v) is 6.73. The zero-order chi connectivity index (χ0) is 23.5. The lowest BCUT2D eigenvalue weighted by Crippen LogP contribution is -2.40. The van der Waals surface area contributed by atoms with Gasteiger partial charge >= 0.3 is 0 Å². The number of carbonyl (C=O) groups excluding carboxylic acids is 2. The van der Waals surface area contributed by atoms with E-state index in [9.17, 15) is 9.59 Å². The average molecular weight is 478 g/mol. The predicted octanol–water partition coefficient (Wildman–Crippen LogP) is 4.45. The van der Waals surface area contributed by atoms with Gasteiger partial charge in [0.1, 0.15) is 5.75 Å². The quantitative estimate of drug-likeness (QED) is 0.318. The van der Waals surface area contributed by atoms with Crippen LogP contribution in [0.2, 0.25) is 0 Å². The number of fused-ring (bicyclic) bond motifs is 1. The molecule has 2 aliphatic rings. The van der Waals surface area contributed by atoms with Gasteiger partial charge < -0.3 is 4.74 Å². The van der Waals surface area contributed by atoms with Crippen molar-refractivity contribution in [2.45, 2.75) is 0 Å². The molecule has 4 rings (SSSR count). The number of carbonyl (C=O) groups is 2. The molecule has 0 radical (unpaired) electrons. The highest BCUT2D eigenvalue weighted by Crippen LogP contribution is 2.46. The molecule has 8 heteroatoms. The number of thioether (sulfide) groups is 1. The number of rotatable bonds is 8. The highest BCUT2D eigenvalue weighted by Gasteiger charge is 2.43. The summed E-state index contributed by atoms with van der Waals surface area (Å²) < 4.78 is 5.78. The van der Waals surface area contributed by atoms with Gasteiger partial charge in [-0.05, 0) is 18.2 Å². The Morgan fingerprint density at radius 3 is 2.30 bits per heavy atom. The second kappa shape index (κ2) is 9.74. The third kappa shape index (κ3) is 4.13. The van der Waals surface area contributed by atoms with Crippen LogP contribution < -0.4 is 14.5 Å². The SMILES string of the molecule is C=CCN(CC=C)CN1C(=O)C(=C2SC(=S)N(c3ccccc3OC)C2=O)c2ccccc21. The van der Waals surface area contributed by atoms with E-state index in [4.69, 9.17) is 17.0 Å². The summed E-state index contributed by atoms with van der Waals surface area (Å²) >= 11 is 6.69. The number of hydrogen-bond donors (Lipinski definition) is 0. The maximum atomic E-state index is 13.6. The monoisotopic (exact) mass is 477 g/mol. The first kappa shape index (κ1) is 23.0. The van der Waals surface area contributed by atoms with Crippen molar-refractivity contribution in [3.8, 4) is 5.75 Å². The molecule has 2 aromatic rings. The molecule has 2 amide bonds. The normalized spacial score (nSPS) is 17.7. The number of methoxy groups -OCH3 is 1. The number of nitrogens with zero attached hydrogens (tertiary/aromatic N) is 3. The molecular weight excluding hydrogens is 454 g/mol. The Morgan fingerprint density at radius 1 is 1.00 bits per heavy atom. The van der Waals surface area contributed by atoms with Crippen LogP contribution in [0.1, 0.15) is 5.56 Å². The third-order valence-electron chi connectivity index (χ3n) is 5.36. The number of anilines is 2. The molecule has 0 spiro atoms. The molecule has 33 heavy (non-hydrogen) atoms. The predicted molar refractivity (Wildman–Crippen MR) is 138 cm³/mol. The van der Waals surface area contributed by atoms with Gasteiger partial charge in [-0.2, -0.15) is 0 Å². The minimum atomic E-state index is -0.330. The van der Waals surface area contributed by atoms with Gasteiger partial charge in [-0.1, -0.05) is 66.5 Å². The van der Waals surface area contributed by atoms with Crippen molar-refractivity contribution in [2.24, 2.45) is 0 Å². The maximum Gasteiger partial charge on any atom is 0.271 e. The summed E-state index contributed by atoms with van der Waals surface area (Å²) in [6.07, 6.45) is 3.57. The molecule has 2 aromatic carbocycles. The fraction of sp³-hybridized carbons (Fsp3) is 0.160. The molecule has 1 saturated heterocycles. The number of ether oxygens (including phenoxy) is 1. The summed E-state index contributed by atoms with van der Waals surface area (Å²) in [4.78, 5) is 32.7. The summed E-state index contributed by atoms with van der Waals surface area (Å²) in [5.74, 6) is -0.0253. The number of benzene rings is 2. The van der Waals surface area contributed by atoms with Gasteiger partial charge in [0.25, 0.3) is 11.8 Å². The lowest BCUT2D eigenvalue weighted by atomic mass is 10.1. The molecule has 1 fully saturated rings. The van der Waals surface area contributed by atoms with E-state index in [1.807, 2.05) is 41.3 Å². The topological polar surface area (TPSA) is 53.1 Å². The summed E-state index contributed by atoms with van der Waals surface area (Å²) in [7, 11) is 1.54. The van der Waals surface area contributed by atoms with Crippen LogP contribution in [0.3, 0.4) is 0 Å². The van der Waals surface area contributed by atoms with Crippen molar-refractivity contribution in [1.29, 1.82) is 0 Å². The number of hydrogen-bond acceptors (Lipinski definition) is 6. The molecule has 0 atom stereocenters. The lowest BCUT2D eigenvalue weighted by Gasteiger charge is -2.26. The van der Waals surface area contributed by atoms with Gasteiger partial charge in [-0.15, -0.1) is 13.2 Å². The molecule has 0 aromatic heterocycles. The average Bonchev–Trinajstić information content (AvgIpc) is 3.26. The summed E-state index contributed by atoms with van der Waals surface area (Å²) in [6.45, 7) is 9.15. The fourth-order valence-corrected chi connectivity index (χ4v) is 5.29. The van der Waals surface area contributed by atoms with Gasteiger partial charge in [0.2, 0.25) is 0 Å². The number of thiocarbonyl (C=S) groups is 1. The summed E-state index contributed by atoms with van der Waals surface area (Å²) in [5, 5.41) is 0. The minimum absolute atomic E-state index is 0.227. The Bertz CT molecular complexity index is 1180. The zero-order valence-corrected chi connectivity index (χ0v) is 19.8. The van der Waals surface area contributed by atoms with Crippen molar-refractivity contribution >= 4 is 57.1 Å². The van der Waals surface area contributed by atoms with Crippen molar-refractivity contribution in [1.82, 2.24) is 4.90 Å². The van der Waals surface area contributed by atoms with Crippen LogP contribution in [0.15, 0.2) is 78.7 Å². The minimum Gasteiger partial charge on any atom is -0.495 e. The van der Waals surface area contributed by atoms with Crippen LogP contribution in [0.4, 0.5) is 11.4 Å². The Balaban J connectivity index is 1.77. The molecule has 0 N–H and O–H groups in total. The van der Waals surface area contributed by atoms with Crippen molar-refractivity contribution in [2.75, 3.05) is 36.7 Å². The second-order valence-corrected chi connectivity index (χ2v) is 9.03. The smallest absolute Gasteiger partial charge is 0.271 e. The van der Waals surface area contributed by atoms with E-state index in [0.717, 1.165) is 23.0 Å². The van der Waals surface area contributed by atoms with Gasteiger partial charge in [0, 0.05) is 18.7 Å². The molecule has 2 aliphatic heterocycles. The maximum absolute atomic E-state index is 13.6. The Hall–Kier alpha value is -3.20. The van der Waals surface area contributed by atoms with Crippen LogP contribution in [0, 0.1) is 0 Å². The Labute approximate surface area is 202 Å². The van der Waals surface area contributed by atoms with Crippen LogP contribution in [-0.4, -0.2) is 47.9 Å². The highest BCUT2D eigenvalue weighted by atomic mass is 32.2. The second-order valence-electron chi connectivity index (χ2n) is 7.39. The van der Waals surface area contributed by atoms with Gasteiger partial charge in [-0.25, -0.2) is 0 Å². The first-order valence-electron chi connectivity index (χ1n) is 10.3. The van der Waals surface area contributed by atoms with Gasteiger partial charge in [0.15, 0.2) is 4.32 Å². The molecule has 0 unspecified atom stereocenters. The number of para-hydroxylation sites is 3. The standard InChI is InChI=1S/C25H23N3O3S2/c1-4-14-26(15-5-2)16-27-18-11-7-6-10-17(18)21(23(27)29)22-24(30)28(25(32)33-22)19-12-8-9-13-20(19)31-3/h4-13H,1-2,14-16H2,3H3. The van der Waals surface area contributed by atoms with E-state index in [2.05, 4.69) is 13.2 Å². The molecular formula is C25H23N3O3S2. The van der Waals surface area contributed by atoms with Crippen molar-refractivity contribution in [3.05, 3.63) is 84.3 Å². The van der Waals surface area contributed by atoms with E-state index >= 15 is 0 Å². The van der Waals surface area contributed by atoms with Crippen molar-refractivity contribution < 1.29 is 14.3 Å². The van der Waals surface area contributed by atoms with E-state index in [1.165, 1.54) is 4.90 Å². The van der Waals surface area contributed by atoms with Crippen molar-refractivity contribution in [3.63, 3.8) is 0 Å². The van der Waals surface area contributed by atoms with Crippen LogP contribution in [0.5, 0.6) is 5.75 Å². The van der Waals surface area contributed by atoms with E-state index < -0.39 is 0 Å². The Kier molecular flexibility index (Phi) is 6.78. The van der Waals surface area contributed by atoms with E-state index in [0.29, 0.717) is 46.0 Å². The van der Waals surface area contributed by atoms with Gasteiger partial charge in [0.05, 0.1) is 35.6 Å².